The lowest BCUT2D eigenvalue weighted by atomic mass is 10.0. The van der Waals surface area contributed by atoms with Gasteiger partial charge in [0, 0.05) is 18.2 Å². The Morgan fingerprint density at radius 1 is 1.00 bits per heavy atom. The first-order chi connectivity index (χ1) is 8.75. The standard InChI is InChI=1S/C14H21NO3/c16-12-8-4-2-1-3-5-9-13-10-6-7-11-14(13)15(17)18/h6-7,10-11,16H,1-5,8-9,12H2. The van der Waals surface area contributed by atoms with Crippen molar-refractivity contribution in [1.29, 1.82) is 0 Å². The summed E-state index contributed by atoms with van der Waals surface area (Å²) in [5.41, 5.74) is 1.07. The van der Waals surface area contributed by atoms with Crippen LogP contribution in [-0.4, -0.2) is 16.6 Å². The Morgan fingerprint density at radius 3 is 2.28 bits per heavy atom. The van der Waals surface area contributed by atoms with Crippen LogP contribution in [0.25, 0.3) is 0 Å². The minimum absolute atomic E-state index is 0.234. The van der Waals surface area contributed by atoms with Crippen LogP contribution < -0.4 is 0 Å². The van der Waals surface area contributed by atoms with Crippen molar-refractivity contribution in [2.75, 3.05) is 6.61 Å². The Balaban J connectivity index is 2.25. The second-order valence-corrected chi connectivity index (χ2v) is 4.48. The van der Waals surface area contributed by atoms with E-state index in [1.54, 1.807) is 12.1 Å². The van der Waals surface area contributed by atoms with Gasteiger partial charge >= 0.3 is 0 Å². The molecule has 0 amide bonds. The maximum absolute atomic E-state index is 10.8. The second-order valence-electron chi connectivity index (χ2n) is 4.48. The molecule has 0 aliphatic carbocycles. The van der Waals surface area contributed by atoms with E-state index in [9.17, 15) is 10.1 Å². The third kappa shape index (κ3) is 5.27. The molecular weight excluding hydrogens is 230 g/mol. The summed E-state index contributed by atoms with van der Waals surface area (Å²) in [6.45, 7) is 0.274. The molecule has 0 heterocycles. The maximum Gasteiger partial charge on any atom is 0.272 e. The number of nitrogens with zero attached hydrogens (tertiary/aromatic N) is 1. The van der Waals surface area contributed by atoms with Crippen molar-refractivity contribution in [2.45, 2.75) is 44.9 Å². The summed E-state index contributed by atoms with van der Waals surface area (Å²) in [5.74, 6) is 0. The van der Waals surface area contributed by atoms with Crippen LogP contribution in [0.3, 0.4) is 0 Å². The van der Waals surface area contributed by atoms with E-state index in [0.29, 0.717) is 0 Å². The molecule has 0 aliphatic rings. The van der Waals surface area contributed by atoms with Crippen LogP contribution in [0.2, 0.25) is 0 Å². The SMILES string of the molecule is O=[N+]([O-])c1ccccc1CCCCCCCCO. The van der Waals surface area contributed by atoms with Crippen molar-refractivity contribution >= 4 is 5.69 Å². The van der Waals surface area contributed by atoms with Crippen molar-refractivity contribution in [3.05, 3.63) is 39.9 Å². The van der Waals surface area contributed by atoms with Gasteiger partial charge in [-0.25, -0.2) is 0 Å². The highest BCUT2D eigenvalue weighted by atomic mass is 16.6. The fourth-order valence-corrected chi connectivity index (χ4v) is 2.03. The zero-order chi connectivity index (χ0) is 13.2. The summed E-state index contributed by atoms with van der Waals surface area (Å²) in [6.07, 6.45) is 7.09. The number of hydrogen-bond acceptors (Lipinski definition) is 3. The van der Waals surface area contributed by atoms with Crippen LogP contribution in [0, 0.1) is 10.1 Å². The van der Waals surface area contributed by atoms with Gasteiger partial charge < -0.3 is 5.11 Å². The fraction of sp³-hybridized carbons (Fsp3) is 0.571. The zero-order valence-corrected chi connectivity index (χ0v) is 10.7. The van der Waals surface area contributed by atoms with Crippen LogP contribution in [0.5, 0.6) is 0 Å². The molecule has 1 aromatic rings. The van der Waals surface area contributed by atoms with E-state index in [2.05, 4.69) is 0 Å². The first-order valence-electron chi connectivity index (χ1n) is 6.59. The predicted octanol–water partition coefficient (Wildman–Crippen LogP) is 3.47. The van der Waals surface area contributed by atoms with Crippen molar-refractivity contribution in [3.63, 3.8) is 0 Å². The molecule has 0 aliphatic heterocycles. The first kappa shape index (κ1) is 14.6. The van der Waals surface area contributed by atoms with Crippen molar-refractivity contribution < 1.29 is 10.0 Å². The average Bonchev–Trinajstić information content (AvgIpc) is 2.38. The van der Waals surface area contributed by atoms with Gasteiger partial charge in [0.05, 0.1) is 4.92 Å². The number of aliphatic hydroxyl groups excluding tert-OH is 1. The smallest absolute Gasteiger partial charge is 0.272 e. The van der Waals surface area contributed by atoms with Crippen LogP contribution >= 0.6 is 0 Å². The number of nitro groups is 1. The van der Waals surface area contributed by atoms with E-state index in [1.165, 1.54) is 0 Å². The molecule has 100 valence electrons. The molecule has 0 unspecified atom stereocenters. The van der Waals surface area contributed by atoms with Crippen LogP contribution in [0.15, 0.2) is 24.3 Å². The molecule has 1 N–H and O–H groups in total. The molecule has 1 aromatic carbocycles. The Morgan fingerprint density at radius 2 is 1.61 bits per heavy atom. The van der Waals surface area contributed by atoms with E-state index in [4.69, 9.17) is 5.11 Å². The summed E-state index contributed by atoms with van der Waals surface area (Å²) >= 11 is 0. The summed E-state index contributed by atoms with van der Waals surface area (Å²) in [4.78, 5) is 10.5. The lowest BCUT2D eigenvalue weighted by Crippen LogP contribution is -1.95. The highest BCUT2D eigenvalue weighted by molar-refractivity contribution is 5.39. The Bertz CT molecular complexity index is 366. The minimum Gasteiger partial charge on any atom is -0.396 e. The van der Waals surface area contributed by atoms with Gasteiger partial charge in [0.15, 0.2) is 0 Å². The molecule has 0 saturated heterocycles. The number of rotatable bonds is 9. The molecule has 4 nitrogen and oxygen atoms in total. The van der Waals surface area contributed by atoms with E-state index >= 15 is 0 Å². The van der Waals surface area contributed by atoms with Crippen LogP contribution in [0.1, 0.15) is 44.1 Å². The quantitative estimate of drug-likeness (QED) is 0.415. The lowest BCUT2D eigenvalue weighted by Gasteiger charge is -2.03. The monoisotopic (exact) mass is 251 g/mol. The number of para-hydroxylation sites is 1. The Labute approximate surface area is 108 Å². The summed E-state index contributed by atoms with van der Waals surface area (Å²) < 4.78 is 0. The number of hydrogen-bond donors (Lipinski definition) is 1. The van der Waals surface area contributed by atoms with Crippen molar-refractivity contribution in [2.24, 2.45) is 0 Å². The number of benzene rings is 1. The van der Waals surface area contributed by atoms with Gasteiger partial charge in [0.25, 0.3) is 5.69 Å². The summed E-state index contributed by atoms with van der Waals surface area (Å²) in [5, 5.41) is 19.4. The van der Waals surface area contributed by atoms with Gasteiger partial charge in [0.1, 0.15) is 0 Å². The van der Waals surface area contributed by atoms with Crippen LogP contribution in [-0.2, 0) is 6.42 Å². The molecule has 0 aromatic heterocycles. The molecule has 0 bridgehead atoms. The largest absolute Gasteiger partial charge is 0.396 e. The first-order valence-corrected chi connectivity index (χ1v) is 6.59. The number of aliphatic hydroxyl groups is 1. The minimum atomic E-state index is -0.309. The number of unbranched alkanes of at least 4 members (excludes halogenated alkanes) is 5. The maximum atomic E-state index is 10.8. The molecule has 0 fully saturated rings. The molecule has 4 heteroatoms. The van der Waals surface area contributed by atoms with E-state index in [0.717, 1.165) is 50.5 Å². The Kier molecular flexibility index (Phi) is 7.03. The normalized spacial score (nSPS) is 10.5. The number of aryl methyl sites for hydroxylation is 1. The third-order valence-electron chi connectivity index (χ3n) is 3.04. The summed E-state index contributed by atoms with van der Waals surface area (Å²) in [7, 11) is 0. The predicted molar refractivity (Wildman–Crippen MR) is 71.6 cm³/mol. The van der Waals surface area contributed by atoms with Gasteiger partial charge in [-0.3, -0.25) is 10.1 Å². The van der Waals surface area contributed by atoms with Gasteiger partial charge in [-0.2, -0.15) is 0 Å². The molecule has 0 radical (unpaired) electrons. The molecule has 0 saturated carbocycles. The van der Waals surface area contributed by atoms with E-state index < -0.39 is 0 Å². The zero-order valence-electron chi connectivity index (χ0n) is 10.7. The fourth-order valence-electron chi connectivity index (χ4n) is 2.03. The lowest BCUT2D eigenvalue weighted by molar-refractivity contribution is -0.385. The molecule has 0 atom stereocenters. The number of nitro benzene ring substituents is 1. The second kappa shape index (κ2) is 8.64. The van der Waals surface area contributed by atoms with Crippen molar-refractivity contribution in [3.8, 4) is 0 Å². The van der Waals surface area contributed by atoms with Crippen molar-refractivity contribution in [1.82, 2.24) is 0 Å². The summed E-state index contributed by atoms with van der Waals surface area (Å²) in [6, 6.07) is 6.96. The average molecular weight is 251 g/mol. The molecule has 0 spiro atoms. The van der Waals surface area contributed by atoms with E-state index in [1.807, 2.05) is 12.1 Å². The highest BCUT2D eigenvalue weighted by Gasteiger charge is 2.11. The van der Waals surface area contributed by atoms with Gasteiger partial charge in [0.2, 0.25) is 0 Å². The van der Waals surface area contributed by atoms with Gasteiger partial charge in [-0.1, -0.05) is 43.9 Å². The molecule has 18 heavy (non-hydrogen) atoms. The molecule has 1 rings (SSSR count). The topological polar surface area (TPSA) is 63.4 Å². The molecular formula is C14H21NO3. The third-order valence-corrected chi connectivity index (χ3v) is 3.04. The van der Waals surface area contributed by atoms with Crippen LogP contribution in [0.4, 0.5) is 5.69 Å². The van der Waals surface area contributed by atoms with Gasteiger partial charge in [-0.05, 0) is 19.3 Å². The van der Waals surface area contributed by atoms with Gasteiger partial charge in [-0.15, -0.1) is 0 Å². The Hall–Kier alpha value is -1.42. The highest BCUT2D eigenvalue weighted by Crippen LogP contribution is 2.20. The van der Waals surface area contributed by atoms with E-state index in [-0.39, 0.29) is 17.2 Å².